The molecule has 0 aromatic rings. The van der Waals surface area contributed by atoms with Crippen LogP contribution in [0.25, 0.3) is 0 Å². The first-order chi connectivity index (χ1) is 6.84. The van der Waals surface area contributed by atoms with E-state index in [0.29, 0.717) is 6.54 Å². The molecule has 1 aliphatic rings. The van der Waals surface area contributed by atoms with Gasteiger partial charge in [-0.2, -0.15) is 17.4 Å². The number of carbonyl (C=O) groups is 1. The summed E-state index contributed by atoms with van der Waals surface area (Å²) >= 11 is 0. The lowest BCUT2D eigenvalue weighted by atomic mass is 10.3. The van der Waals surface area contributed by atoms with Crippen molar-refractivity contribution >= 4 is 16.2 Å². The zero-order valence-corrected chi connectivity index (χ0v) is 9.62. The second kappa shape index (κ2) is 4.46. The van der Waals surface area contributed by atoms with Crippen LogP contribution in [0.1, 0.15) is 26.7 Å². The van der Waals surface area contributed by atoms with Gasteiger partial charge in [-0.3, -0.25) is 4.79 Å². The van der Waals surface area contributed by atoms with Gasteiger partial charge in [-0.25, -0.2) is 0 Å². The van der Waals surface area contributed by atoms with Crippen molar-refractivity contribution in [3.05, 3.63) is 0 Å². The maximum absolute atomic E-state index is 11.7. The second-order valence-electron chi connectivity index (χ2n) is 3.78. The molecular formula is C8H16N2O4S. The summed E-state index contributed by atoms with van der Waals surface area (Å²) in [6, 6.07) is -1.15. The highest BCUT2D eigenvalue weighted by Gasteiger charge is 2.33. The fraction of sp³-hybridized carbons (Fsp3) is 0.875. The van der Waals surface area contributed by atoms with Crippen LogP contribution in [0.3, 0.4) is 0 Å². The van der Waals surface area contributed by atoms with Crippen molar-refractivity contribution in [2.24, 2.45) is 0 Å². The molecule has 1 saturated heterocycles. The van der Waals surface area contributed by atoms with Crippen LogP contribution in [0.2, 0.25) is 0 Å². The quantitative estimate of drug-likeness (QED) is 0.706. The molecule has 1 unspecified atom stereocenters. The van der Waals surface area contributed by atoms with Gasteiger partial charge in [-0.15, -0.1) is 0 Å². The van der Waals surface area contributed by atoms with Crippen LogP contribution < -0.4 is 4.72 Å². The Labute approximate surface area is 89.4 Å². The predicted molar refractivity (Wildman–Crippen MR) is 54.6 cm³/mol. The minimum atomic E-state index is -3.65. The molecule has 1 heterocycles. The average molecular weight is 236 g/mol. The van der Waals surface area contributed by atoms with E-state index in [0.717, 1.165) is 12.8 Å². The number of aliphatic carboxylic acids is 1. The van der Waals surface area contributed by atoms with Gasteiger partial charge in [0.05, 0.1) is 0 Å². The van der Waals surface area contributed by atoms with Gasteiger partial charge in [0, 0.05) is 12.6 Å². The van der Waals surface area contributed by atoms with Crippen LogP contribution in [0, 0.1) is 0 Å². The van der Waals surface area contributed by atoms with E-state index in [1.54, 1.807) is 0 Å². The van der Waals surface area contributed by atoms with E-state index in [2.05, 4.69) is 4.72 Å². The predicted octanol–water partition coefficient (Wildman–Crippen LogP) is -0.222. The third-order valence-corrected chi connectivity index (χ3v) is 4.31. The minimum absolute atomic E-state index is 0.0523. The highest BCUT2D eigenvalue weighted by atomic mass is 32.2. The van der Waals surface area contributed by atoms with Crippen LogP contribution in [0.15, 0.2) is 0 Å². The zero-order valence-electron chi connectivity index (χ0n) is 8.80. The van der Waals surface area contributed by atoms with E-state index in [1.165, 1.54) is 11.2 Å². The molecule has 2 atom stereocenters. The molecule has 0 aromatic heterocycles. The van der Waals surface area contributed by atoms with Gasteiger partial charge >= 0.3 is 5.97 Å². The molecule has 1 fully saturated rings. The van der Waals surface area contributed by atoms with Crippen molar-refractivity contribution < 1.29 is 18.3 Å². The van der Waals surface area contributed by atoms with Crippen molar-refractivity contribution in [3.8, 4) is 0 Å². The van der Waals surface area contributed by atoms with E-state index < -0.39 is 22.2 Å². The molecule has 1 rings (SSSR count). The maximum atomic E-state index is 11.7. The van der Waals surface area contributed by atoms with Crippen LogP contribution in [0.4, 0.5) is 0 Å². The van der Waals surface area contributed by atoms with E-state index >= 15 is 0 Å². The van der Waals surface area contributed by atoms with Crippen molar-refractivity contribution in [3.63, 3.8) is 0 Å². The first-order valence-electron chi connectivity index (χ1n) is 4.86. The number of nitrogens with zero attached hydrogens (tertiary/aromatic N) is 1. The van der Waals surface area contributed by atoms with Crippen LogP contribution in [-0.4, -0.2) is 42.4 Å². The molecule has 0 amide bonds. The lowest BCUT2D eigenvalue weighted by Crippen LogP contribution is -2.48. The number of carboxylic acid groups (broad SMARTS) is 1. The average Bonchev–Trinajstić information content (AvgIpc) is 2.50. The molecule has 0 bridgehead atoms. The van der Waals surface area contributed by atoms with Crippen molar-refractivity contribution in [2.75, 3.05) is 6.54 Å². The Bertz CT molecular complexity index is 341. The normalized spacial score (nSPS) is 25.3. The van der Waals surface area contributed by atoms with Crippen LogP contribution >= 0.6 is 0 Å². The summed E-state index contributed by atoms with van der Waals surface area (Å²) in [5, 5.41) is 8.61. The molecule has 15 heavy (non-hydrogen) atoms. The Morgan fingerprint density at radius 2 is 2.20 bits per heavy atom. The summed E-state index contributed by atoms with van der Waals surface area (Å²) < 4.78 is 26.9. The van der Waals surface area contributed by atoms with Gasteiger partial charge in [0.15, 0.2) is 0 Å². The molecule has 1 aliphatic heterocycles. The van der Waals surface area contributed by atoms with Gasteiger partial charge in [0.2, 0.25) is 0 Å². The summed E-state index contributed by atoms with van der Waals surface area (Å²) in [6.45, 7) is 3.58. The molecule has 0 aliphatic carbocycles. The summed E-state index contributed by atoms with van der Waals surface area (Å²) in [5.41, 5.74) is 0. The van der Waals surface area contributed by atoms with Crippen LogP contribution in [0.5, 0.6) is 0 Å². The molecule has 0 aromatic carbocycles. The Morgan fingerprint density at radius 1 is 1.60 bits per heavy atom. The second-order valence-corrected chi connectivity index (χ2v) is 5.44. The Hall–Kier alpha value is -0.660. The largest absolute Gasteiger partial charge is 0.480 e. The SMILES string of the molecule is CC1CCCN1S(=O)(=O)N[C@@H](C)C(=O)O. The van der Waals surface area contributed by atoms with Crippen LogP contribution in [-0.2, 0) is 15.0 Å². The third-order valence-electron chi connectivity index (χ3n) is 2.50. The number of nitrogens with one attached hydrogen (secondary N) is 1. The third kappa shape index (κ3) is 2.90. The Morgan fingerprint density at radius 3 is 2.60 bits per heavy atom. The van der Waals surface area contributed by atoms with E-state index in [9.17, 15) is 13.2 Å². The monoisotopic (exact) mass is 236 g/mol. The molecular weight excluding hydrogens is 220 g/mol. The van der Waals surface area contributed by atoms with E-state index in [1.807, 2.05) is 6.92 Å². The molecule has 6 nitrogen and oxygen atoms in total. The zero-order chi connectivity index (χ0) is 11.6. The van der Waals surface area contributed by atoms with E-state index in [4.69, 9.17) is 5.11 Å². The first-order valence-corrected chi connectivity index (χ1v) is 6.30. The van der Waals surface area contributed by atoms with Crippen molar-refractivity contribution in [1.82, 2.24) is 9.03 Å². The number of hydrogen-bond donors (Lipinski definition) is 2. The van der Waals surface area contributed by atoms with Gasteiger partial charge in [-0.1, -0.05) is 0 Å². The van der Waals surface area contributed by atoms with Crippen molar-refractivity contribution in [2.45, 2.75) is 38.8 Å². The minimum Gasteiger partial charge on any atom is -0.480 e. The van der Waals surface area contributed by atoms with Gasteiger partial charge in [0.25, 0.3) is 10.2 Å². The number of hydrogen-bond acceptors (Lipinski definition) is 3. The fourth-order valence-corrected chi connectivity index (χ4v) is 3.24. The molecule has 2 N–H and O–H groups in total. The molecule has 7 heteroatoms. The summed E-state index contributed by atoms with van der Waals surface area (Å²) in [5.74, 6) is -1.18. The maximum Gasteiger partial charge on any atom is 0.321 e. The lowest BCUT2D eigenvalue weighted by Gasteiger charge is -2.22. The lowest BCUT2D eigenvalue weighted by molar-refractivity contribution is -0.138. The van der Waals surface area contributed by atoms with E-state index in [-0.39, 0.29) is 6.04 Å². The Balaban J connectivity index is 2.71. The van der Waals surface area contributed by atoms with Gasteiger partial charge in [-0.05, 0) is 26.7 Å². The highest BCUT2D eigenvalue weighted by molar-refractivity contribution is 7.87. The molecule has 0 spiro atoms. The smallest absolute Gasteiger partial charge is 0.321 e. The summed E-state index contributed by atoms with van der Waals surface area (Å²) in [4.78, 5) is 10.5. The highest BCUT2D eigenvalue weighted by Crippen LogP contribution is 2.19. The number of rotatable bonds is 4. The first kappa shape index (κ1) is 12.4. The van der Waals surface area contributed by atoms with Gasteiger partial charge in [0.1, 0.15) is 6.04 Å². The molecule has 0 radical (unpaired) electrons. The fourth-order valence-electron chi connectivity index (χ4n) is 1.61. The standard InChI is InChI=1S/C8H16N2O4S/c1-6-4-3-5-10(6)15(13,14)9-7(2)8(11)12/h6-7,9H,3-5H2,1-2H3,(H,11,12)/t6?,7-/m0/s1. The molecule has 0 saturated carbocycles. The molecule has 88 valence electrons. The summed E-state index contributed by atoms with van der Waals surface area (Å²) in [6.07, 6.45) is 1.64. The summed E-state index contributed by atoms with van der Waals surface area (Å²) in [7, 11) is -3.65. The Kier molecular flexibility index (Phi) is 3.69. The van der Waals surface area contributed by atoms with Gasteiger partial charge < -0.3 is 5.11 Å². The number of carboxylic acids is 1. The van der Waals surface area contributed by atoms with Crippen molar-refractivity contribution in [1.29, 1.82) is 0 Å². The topological polar surface area (TPSA) is 86.7 Å².